The van der Waals surface area contributed by atoms with Gasteiger partial charge in [-0.05, 0) is 37.0 Å². The molecule has 19 heavy (non-hydrogen) atoms. The van der Waals surface area contributed by atoms with Crippen LogP contribution in [-0.4, -0.2) is 18.4 Å². The molecule has 0 saturated carbocycles. The lowest BCUT2D eigenvalue weighted by Crippen LogP contribution is -2.36. The SMILES string of the molecule is Cc1ccc(NC(=O)C(=O)NCCC(C)C)cc1F. The molecule has 2 N–H and O–H groups in total. The fourth-order valence-corrected chi connectivity index (χ4v) is 1.41. The molecule has 0 aliphatic rings. The number of aryl methyl sites for hydroxylation is 1. The van der Waals surface area contributed by atoms with E-state index in [1.807, 2.05) is 13.8 Å². The molecule has 0 aromatic heterocycles. The number of carbonyl (C=O) groups is 2. The van der Waals surface area contributed by atoms with Gasteiger partial charge in [0.25, 0.3) is 0 Å². The van der Waals surface area contributed by atoms with Crippen LogP contribution in [0.15, 0.2) is 18.2 Å². The van der Waals surface area contributed by atoms with Crippen molar-refractivity contribution in [3.05, 3.63) is 29.6 Å². The van der Waals surface area contributed by atoms with Gasteiger partial charge in [-0.3, -0.25) is 9.59 Å². The van der Waals surface area contributed by atoms with E-state index < -0.39 is 17.6 Å². The van der Waals surface area contributed by atoms with Crippen molar-refractivity contribution in [2.24, 2.45) is 5.92 Å². The molecule has 1 aromatic carbocycles. The zero-order valence-electron chi connectivity index (χ0n) is 11.4. The third-order valence-corrected chi connectivity index (χ3v) is 2.64. The van der Waals surface area contributed by atoms with Gasteiger partial charge in [-0.25, -0.2) is 4.39 Å². The van der Waals surface area contributed by atoms with Crippen molar-refractivity contribution in [1.29, 1.82) is 0 Å². The summed E-state index contributed by atoms with van der Waals surface area (Å²) in [6.45, 7) is 6.13. The first-order valence-corrected chi connectivity index (χ1v) is 6.25. The number of carbonyl (C=O) groups excluding carboxylic acids is 2. The van der Waals surface area contributed by atoms with Crippen molar-refractivity contribution in [2.45, 2.75) is 27.2 Å². The Balaban J connectivity index is 2.49. The first-order chi connectivity index (χ1) is 8.90. The highest BCUT2D eigenvalue weighted by atomic mass is 19.1. The van der Waals surface area contributed by atoms with Crippen molar-refractivity contribution in [2.75, 3.05) is 11.9 Å². The van der Waals surface area contributed by atoms with Crippen LogP contribution in [0.3, 0.4) is 0 Å². The number of benzene rings is 1. The van der Waals surface area contributed by atoms with Crippen LogP contribution < -0.4 is 10.6 Å². The van der Waals surface area contributed by atoms with E-state index in [-0.39, 0.29) is 5.69 Å². The van der Waals surface area contributed by atoms with Crippen LogP contribution >= 0.6 is 0 Å². The molecule has 1 rings (SSSR count). The number of hydrogen-bond donors (Lipinski definition) is 2. The van der Waals surface area contributed by atoms with E-state index in [9.17, 15) is 14.0 Å². The standard InChI is InChI=1S/C14H19FN2O2/c1-9(2)6-7-16-13(18)14(19)17-11-5-4-10(3)12(15)8-11/h4-5,8-9H,6-7H2,1-3H3,(H,16,18)(H,17,19). The number of rotatable bonds is 4. The number of anilines is 1. The molecule has 2 amide bonds. The molecule has 0 unspecified atom stereocenters. The van der Waals surface area contributed by atoms with Crippen molar-refractivity contribution in [3.63, 3.8) is 0 Å². The zero-order chi connectivity index (χ0) is 14.4. The molecule has 0 fully saturated rings. The Bertz CT molecular complexity index is 473. The van der Waals surface area contributed by atoms with Gasteiger partial charge in [0, 0.05) is 12.2 Å². The van der Waals surface area contributed by atoms with Crippen LogP contribution in [0.1, 0.15) is 25.8 Å². The highest BCUT2D eigenvalue weighted by molar-refractivity contribution is 6.39. The third kappa shape index (κ3) is 5.07. The summed E-state index contributed by atoms with van der Waals surface area (Å²) < 4.78 is 13.3. The van der Waals surface area contributed by atoms with Crippen LogP contribution in [0.25, 0.3) is 0 Å². The van der Waals surface area contributed by atoms with Gasteiger partial charge in [-0.15, -0.1) is 0 Å². The van der Waals surface area contributed by atoms with Crippen LogP contribution in [0.4, 0.5) is 10.1 Å². The van der Waals surface area contributed by atoms with Crippen molar-refractivity contribution in [3.8, 4) is 0 Å². The average Bonchev–Trinajstić information content (AvgIpc) is 2.33. The molecule has 4 nitrogen and oxygen atoms in total. The Morgan fingerprint density at radius 1 is 1.26 bits per heavy atom. The van der Waals surface area contributed by atoms with E-state index in [2.05, 4.69) is 10.6 Å². The second-order valence-corrected chi connectivity index (χ2v) is 4.86. The summed E-state index contributed by atoms with van der Waals surface area (Å²) in [4.78, 5) is 23.0. The topological polar surface area (TPSA) is 58.2 Å². The van der Waals surface area contributed by atoms with Gasteiger partial charge in [0.2, 0.25) is 0 Å². The molecule has 0 radical (unpaired) electrons. The van der Waals surface area contributed by atoms with E-state index in [1.54, 1.807) is 19.1 Å². The number of amides is 2. The monoisotopic (exact) mass is 266 g/mol. The van der Waals surface area contributed by atoms with Gasteiger partial charge in [0.15, 0.2) is 0 Å². The summed E-state index contributed by atoms with van der Waals surface area (Å²) in [5, 5.41) is 4.87. The van der Waals surface area contributed by atoms with Gasteiger partial charge in [-0.1, -0.05) is 19.9 Å². The Labute approximate surface area is 112 Å². The molecular formula is C14H19FN2O2. The quantitative estimate of drug-likeness (QED) is 0.821. The van der Waals surface area contributed by atoms with Crippen LogP contribution in [-0.2, 0) is 9.59 Å². The molecule has 0 heterocycles. The van der Waals surface area contributed by atoms with Crippen molar-refractivity contribution < 1.29 is 14.0 Å². The molecule has 0 aliphatic heterocycles. The predicted octanol–water partition coefficient (Wildman–Crippen LogP) is 2.23. The fourth-order valence-electron chi connectivity index (χ4n) is 1.41. The number of nitrogens with one attached hydrogen (secondary N) is 2. The Morgan fingerprint density at radius 3 is 2.53 bits per heavy atom. The normalized spacial score (nSPS) is 10.4. The predicted molar refractivity (Wildman–Crippen MR) is 72.2 cm³/mol. The highest BCUT2D eigenvalue weighted by Crippen LogP contribution is 2.13. The lowest BCUT2D eigenvalue weighted by Gasteiger charge is -2.08. The van der Waals surface area contributed by atoms with Gasteiger partial charge in [0.05, 0.1) is 0 Å². The maximum absolute atomic E-state index is 13.3. The highest BCUT2D eigenvalue weighted by Gasteiger charge is 2.13. The molecule has 0 saturated heterocycles. The zero-order valence-corrected chi connectivity index (χ0v) is 11.4. The summed E-state index contributed by atoms with van der Waals surface area (Å²) in [7, 11) is 0. The Hall–Kier alpha value is -1.91. The number of halogens is 1. The van der Waals surface area contributed by atoms with E-state index in [4.69, 9.17) is 0 Å². The molecule has 0 bridgehead atoms. The Morgan fingerprint density at radius 2 is 1.95 bits per heavy atom. The smallest absolute Gasteiger partial charge is 0.313 e. The summed E-state index contributed by atoms with van der Waals surface area (Å²) >= 11 is 0. The summed E-state index contributed by atoms with van der Waals surface area (Å²) in [6, 6.07) is 4.29. The number of hydrogen-bond acceptors (Lipinski definition) is 2. The lowest BCUT2D eigenvalue weighted by atomic mass is 10.1. The van der Waals surface area contributed by atoms with Crippen molar-refractivity contribution in [1.82, 2.24) is 5.32 Å². The largest absolute Gasteiger partial charge is 0.348 e. The molecule has 0 atom stereocenters. The van der Waals surface area contributed by atoms with Crippen LogP contribution in [0.5, 0.6) is 0 Å². The molecular weight excluding hydrogens is 247 g/mol. The van der Waals surface area contributed by atoms with Gasteiger partial charge < -0.3 is 10.6 Å². The van der Waals surface area contributed by atoms with Gasteiger partial charge in [-0.2, -0.15) is 0 Å². The van der Waals surface area contributed by atoms with E-state index in [0.717, 1.165) is 6.42 Å². The second-order valence-electron chi connectivity index (χ2n) is 4.86. The van der Waals surface area contributed by atoms with E-state index >= 15 is 0 Å². The van der Waals surface area contributed by atoms with Crippen molar-refractivity contribution >= 4 is 17.5 Å². The Kier molecular flexibility index (Phi) is 5.48. The summed E-state index contributed by atoms with van der Waals surface area (Å²) in [5.74, 6) is -1.46. The molecule has 0 spiro atoms. The first-order valence-electron chi connectivity index (χ1n) is 6.25. The third-order valence-electron chi connectivity index (χ3n) is 2.64. The lowest BCUT2D eigenvalue weighted by molar-refractivity contribution is -0.136. The first kappa shape index (κ1) is 15.1. The van der Waals surface area contributed by atoms with E-state index in [0.29, 0.717) is 18.0 Å². The molecule has 1 aromatic rings. The summed E-state index contributed by atoms with van der Waals surface area (Å²) in [5.41, 5.74) is 0.756. The second kappa shape index (κ2) is 6.87. The maximum atomic E-state index is 13.3. The summed E-state index contributed by atoms with van der Waals surface area (Å²) in [6.07, 6.45) is 0.804. The minimum atomic E-state index is -0.785. The molecule has 5 heteroatoms. The molecule has 0 aliphatic carbocycles. The van der Waals surface area contributed by atoms with Gasteiger partial charge >= 0.3 is 11.8 Å². The van der Waals surface area contributed by atoms with Gasteiger partial charge in [0.1, 0.15) is 5.82 Å². The van der Waals surface area contributed by atoms with Crippen LogP contribution in [0, 0.1) is 18.7 Å². The maximum Gasteiger partial charge on any atom is 0.313 e. The molecule has 104 valence electrons. The van der Waals surface area contributed by atoms with Crippen LogP contribution in [0.2, 0.25) is 0 Å². The fraction of sp³-hybridized carbons (Fsp3) is 0.429. The minimum Gasteiger partial charge on any atom is -0.348 e. The minimum absolute atomic E-state index is 0.270. The average molecular weight is 266 g/mol. The van der Waals surface area contributed by atoms with E-state index in [1.165, 1.54) is 6.07 Å².